The van der Waals surface area contributed by atoms with E-state index < -0.39 is 0 Å². The minimum atomic E-state index is 0.785. The summed E-state index contributed by atoms with van der Waals surface area (Å²) in [6.07, 6.45) is 5.29. The largest absolute Gasteiger partial charge is 0.374 e. The maximum absolute atomic E-state index is 3.73. The SMILES string of the molecule is CCc1ccc(N(C)CC2CC3CCC2N3)cc1. The van der Waals surface area contributed by atoms with Crippen LogP contribution in [0.2, 0.25) is 0 Å². The number of anilines is 1. The third-order valence-corrected chi connectivity index (χ3v) is 4.73. The number of nitrogens with zero attached hydrogens (tertiary/aromatic N) is 1. The zero-order valence-electron chi connectivity index (χ0n) is 11.5. The summed E-state index contributed by atoms with van der Waals surface area (Å²) in [6, 6.07) is 10.6. The van der Waals surface area contributed by atoms with Crippen molar-refractivity contribution in [3.05, 3.63) is 29.8 Å². The van der Waals surface area contributed by atoms with Crippen molar-refractivity contribution in [1.82, 2.24) is 5.32 Å². The summed E-state index contributed by atoms with van der Waals surface area (Å²) < 4.78 is 0. The Morgan fingerprint density at radius 3 is 2.56 bits per heavy atom. The van der Waals surface area contributed by atoms with Gasteiger partial charge in [-0.05, 0) is 49.3 Å². The van der Waals surface area contributed by atoms with Gasteiger partial charge < -0.3 is 10.2 Å². The zero-order valence-corrected chi connectivity index (χ0v) is 11.5. The zero-order chi connectivity index (χ0) is 12.5. The van der Waals surface area contributed by atoms with Crippen LogP contribution in [0.3, 0.4) is 0 Å². The van der Waals surface area contributed by atoms with Crippen molar-refractivity contribution in [2.75, 3.05) is 18.5 Å². The molecule has 1 aromatic carbocycles. The van der Waals surface area contributed by atoms with Crippen molar-refractivity contribution < 1.29 is 0 Å². The number of rotatable bonds is 4. The first-order chi connectivity index (χ1) is 8.76. The molecule has 0 saturated carbocycles. The Bertz CT molecular complexity index is 398. The monoisotopic (exact) mass is 244 g/mol. The van der Waals surface area contributed by atoms with Gasteiger partial charge in [0.2, 0.25) is 0 Å². The van der Waals surface area contributed by atoms with Crippen LogP contribution in [0.1, 0.15) is 31.7 Å². The second-order valence-corrected chi connectivity index (χ2v) is 5.94. The first-order valence-electron chi connectivity index (χ1n) is 7.32. The van der Waals surface area contributed by atoms with E-state index in [2.05, 4.69) is 48.5 Å². The summed E-state index contributed by atoms with van der Waals surface area (Å²) in [5.41, 5.74) is 2.78. The summed E-state index contributed by atoms with van der Waals surface area (Å²) in [5, 5.41) is 3.73. The van der Waals surface area contributed by atoms with Crippen LogP contribution < -0.4 is 10.2 Å². The van der Waals surface area contributed by atoms with E-state index in [9.17, 15) is 0 Å². The minimum absolute atomic E-state index is 0.785. The van der Waals surface area contributed by atoms with Crippen molar-refractivity contribution in [2.45, 2.75) is 44.7 Å². The average molecular weight is 244 g/mol. The summed E-state index contributed by atoms with van der Waals surface area (Å²) >= 11 is 0. The molecule has 1 aromatic rings. The lowest BCUT2D eigenvalue weighted by atomic mass is 9.89. The van der Waals surface area contributed by atoms with Gasteiger partial charge in [0.1, 0.15) is 0 Å². The van der Waals surface area contributed by atoms with E-state index in [1.54, 1.807) is 0 Å². The van der Waals surface area contributed by atoms with Gasteiger partial charge in [0.25, 0.3) is 0 Å². The van der Waals surface area contributed by atoms with Crippen molar-refractivity contribution in [1.29, 1.82) is 0 Å². The molecular formula is C16H24N2. The van der Waals surface area contributed by atoms with E-state index in [1.807, 2.05) is 0 Å². The Kier molecular flexibility index (Phi) is 3.29. The molecule has 18 heavy (non-hydrogen) atoms. The molecule has 0 radical (unpaired) electrons. The number of hydrogen-bond donors (Lipinski definition) is 1. The smallest absolute Gasteiger partial charge is 0.0363 e. The molecule has 2 nitrogen and oxygen atoms in total. The topological polar surface area (TPSA) is 15.3 Å². The van der Waals surface area contributed by atoms with E-state index >= 15 is 0 Å². The molecule has 0 aliphatic carbocycles. The fraction of sp³-hybridized carbons (Fsp3) is 0.625. The summed E-state index contributed by atoms with van der Waals surface area (Å²) in [4.78, 5) is 2.42. The minimum Gasteiger partial charge on any atom is -0.374 e. The van der Waals surface area contributed by atoms with Gasteiger partial charge in [-0.25, -0.2) is 0 Å². The molecule has 2 bridgehead atoms. The molecule has 2 heteroatoms. The Hall–Kier alpha value is -1.02. The van der Waals surface area contributed by atoms with Crippen LogP contribution >= 0.6 is 0 Å². The van der Waals surface area contributed by atoms with Crippen molar-refractivity contribution in [3.8, 4) is 0 Å². The standard InChI is InChI=1S/C16H24N2/c1-3-12-4-7-15(8-5-12)18(2)11-13-10-14-6-9-16(13)17-14/h4-5,7-8,13-14,16-17H,3,6,9-11H2,1-2H3. The molecule has 98 valence electrons. The predicted octanol–water partition coefficient (Wildman–Crippen LogP) is 2.83. The first-order valence-corrected chi connectivity index (χ1v) is 7.32. The second kappa shape index (κ2) is 4.93. The molecule has 3 rings (SSSR count). The van der Waals surface area contributed by atoms with Crippen LogP contribution in [0.15, 0.2) is 24.3 Å². The van der Waals surface area contributed by atoms with Crippen LogP contribution in [0.25, 0.3) is 0 Å². The Morgan fingerprint density at radius 1 is 1.22 bits per heavy atom. The molecule has 3 unspecified atom stereocenters. The first kappa shape index (κ1) is 12.0. The van der Waals surface area contributed by atoms with Crippen LogP contribution in [0.4, 0.5) is 5.69 Å². The molecular weight excluding hydrogens is 220 g/mol. The quantitative estimate of drug-likeness (QED) is 0.876. The Balaban J connectivity index is 1.62. The lowest BCUT2D eigenvalue weighted by Gasteiger charge is -2.27. The molecule has 2 heterocycles. The molecule has 2 aliphatic rings. The van der Waals surface area contributed by atoms with E-state index in [1.165, 1.54) is 37.1 Å². The lowest BCUT2D eigenvalue weighted by molar-refractivity contribution is 0.409. The summed E-state index contributed by atoms with van der Waals surface area (Å²) in [6.45, 7) is 3.40. The average Bonchev–Trinajstić information content (AvgIpc) is 3.01. The van der Waals surface area contributed by atoms with Gasteiger partial charge in [0.15, 0.2) is 0 Å². The van der Waals surface area contributed by atoms with E-state index in [0.717, 1.165) is 24.4 Å². The highest BCUT2D eigenvalue weighted by atomic mass is 15.1. The highest BCUT2D eigenvalue weighted by Gasteiger charge is 2.39. The van der Waals surface area contributed by atoms with Gasteiger partial charge in [-0.3, -0.25) is 0 Å². The van der Waals surface area contributed by atoms with Gasteiger partial charge >= 0.3 is 0 Å². The maximum Gasteiger partial charge on any atom is 0.0363 e. The second-order valence-electron chi connectivity index (χ2n) is 5.94. The van der Waals surface area contributed by atoms with Gasteiger partial charge in [-0.2, -0.15) is 0 Å². The lowest BCUT2D eigenvalue weighted by Crippen LogP contribution is -2.32. The number of fused-ring (bicyclic) bond motifs is 2. The highest BCUT2D eigenvalue weighted by molar-refractivity contribution is 5.47. The fourth-order valence-electron chi connectivity index (χ4n) is 3.58. The molecule has 2 saturated heterocycles. The highest BCUT2D eigenvalue weighted by Crippen LogP contribution is 2.34. The number of aryl methyl sites for hydroxylation is 1. The molecule has 1 N–H and O–H groups in total. The Morgan fingerprint density at radius 2 is 2.00 bits per heavy atom. The maximum atomic E-state index is 3.73. The predicted molar refractivity (Wildman–Crippen MR) is 77.1 cm³/mol. The third kappa shape index (κ3) is 2.26. The number of benzene rings is 1. The normalized spacial score (nSPS) is 29.8. The molecule has 3 atom stereocenters. The molecule has 2 aliphatic heterocycles. The fourth-order valence-corrected chi connectivity index (χ4v) is 3.58. The van der Waals surface area contributed by atoms with E-state index in [0.29, 0.717) is 0 Å². The van der Waals surface area contributed by atoms with Crippen LogP contribution in [-0.4, -0.2) is 25.7 Å². The van der Waals surface area contributed by atoms with Crippen molar-refractivity contribution >= 4 is 5.69 Å². The van der Waals surface area contributed by atoms with Crippen molar-refractivity contribution in [3.63, 3.8) is 0 Å². The van der Waals surface area contributed by atoms with Gasteiger partial charge in [-0.1, -0.05) is 19.1 Å². The van der Waals surface area contributed by atoms with Gasteiger partial charge in [0.05, 0.1) is 0 Å². The molecule has 2 fully saturated rings. The summed E-state index contributed by atoms with van der Waals surface area (Å²) in [7, 11) is 2.23. The summed E-state index contributed by atoms with van der Waals surface area (Å²) in [5.74, 6) is 0.847. The van der Waals surface area contributed by atoms with Crippen LogP contribution in [0.5, 0.6) is 0 Å². The van der Waals surface area contributed by atoms with Crippen LogP contribution in [-0.2, 0) is 6.42 Å². The van der Waals surface area contributed by atoms with Crippen molar-refractivity contribution in [2.24, 2.45) is 5.92 Å². The molecule has 0 aromatic heterocycles. The third-order valence-electron chi connectivity index (χ3n) is 4.73. The molecule has 0 spiro atoms. The van der Waals surface area contributed by atoms with E-state index in [-0.39, 0.29) is 0 Å². The number of hydrogen-bond acceptors (Lipinski definition) is 2. The van der Waals surface area contributed by atoms with Gasteiger partial charge in [-0.15, -0.1) is 0 Å². The number of nitrogens with one attached hydrogen (secondary N) is 1. The van der Waals surface area contributed by atoms with E-state index in [4.69, 9.17) is 0 Å². The van der Waals surface area contributed by atoms with Crippen LogP contribution in [0, 0.1) is 5.92 Å². The van der Waals surface area contributed by atoms with Gasteiger partial charge in [0, 0.05) is 31.4 Å². The molecule has 0 amide bonds. The Labute approximate surface area is 110 Å².